The van der Waals surface area contributed by atoms with Gasteiger partial charge >= 0.3 is 17.9 Å². The Balaban J connectivity index is 3.27. The molecule has 1 rings (SSSR count). The molecule has 0 aliphatic carbocycles. The van der Waals surface area contributed by atoms with Crippen molar-refractivity contribution in [3.63, 3.8) is 0 Å². The van der Waals surface area contributed by atoms with E-state index in [1.807, 2.05) is 0 Å². The molecule has 0 amide bonds. The summed E-state index contributed by atoms with van der Waals surface area (Å²) >= 11 is 0. The van der Waals surface area contributed by atoms with Crippen molar-refractivity contribution < 1.29 is 33.3 Å². The van der Waals surface area contributed by atoms with Crippen LogP contribution in [0.5, 0.6) is 0 Å². The third-order valence-electron chi connectivity index (χ3n) is 3.22. The van der Waals surface area contributed by atoms with Crippen molar-refractivity contribution in [1.82, 2.24) is 0 Å². The Bertz CT molecular complexity index is 623. The number of rotatable bonds is 6. The molecule has 10 nitrogen and oxygen atoms in total. The third kappa shape index (κ3) is 5.96. The Hall–Kier alpha value is -2.80. The number of nitrogens with zero attached hydrogens (tertiary/aromatic N) is 3. The van der Waals surface area contributed by atoms with E-state index < -0.39 is 48.4 Å². The van der Waals surface area contributed by atoms with Crippen molar-refractivity contribution >= 4 is 17.9 Å². The second kappa shape index (κ2) is 9.48. The van der Waals surface area contributed by atoms with Gasteiger partial charge < -0.3 is 18.9 Å². The summed E-state index contributed by atoms with van der Waals surface area (Å²) in [7, 11) is 0. The first kappa shape index (κ1) is 20.2. The molecular weight excluding hydrogens is 334 g/mol. The van der Waals surface area contributed by atoms with Crippen LogP contribution in [0.3, 0.4) is 0 Å². The second-order valence-electron chi connectivity index (χ2n) is 5.16. The van der Waals surface area contributed by atoms with Crippen LogP contribution in [0.2, 0.25) is 0 Å². The molecule has 1 aliphatic rings. The molecule has 1 fully saturated rings. The molecule has 0 saturated carbocycles. The van der Waals surface area contributed by atoms with Crippen molar-refractivity contribution in [3.8, 4) is 0 Å². The van der Waals surface area contributed by atoms with Gasteiger partial charge in [0.1, 0.15) is 37.1 Å². The molecule has 1 heterocycles. The average Bonchev–Trinajstić information content (AvgIpc) is 2.50. The molecule has 10 heteroatoms. The maximum atomic E-state index is 11.4. The van der Waals surface area contributed by atoms with Gasteiger partial charge in [0.15, 0.2) is 0 Å². The molecule has 0 bridgehead atoms. The minimum Gasteiger partial charge on any atom is -0.463 e. The van der Waals surface area contributed by atoms with Crippen LogP contribution < -0.4 is 0 Å². The molecule has 5 atom stereocenters. The van der Waals surface area contributed by atoms with Crippen molar-refractivity contribution in [2.45, 2.75) is 51.2 Å². The lowest BCUT2D eigenvalue weighted by atomic mass is 9.92. The second-order valence-corrected chi connectivity index (χ2v) is 5.16. The molecule has 0 aromatic heterocycles. The van der Waals surface area contributed by atoms with E-state index in [0.29, 0.717) is 0 Å². The average molecular weight is 353 g/mol. The monoisotopic (exact) mass is 353 g/mol. The smallest absolute Gasteiger partial charge is 0.303 e. The normalized spacial score (nSPS) is 27.9. The van der Waals surface area contributed by atoms with Gasteiger partial charge in [0.2, 0.25) is 0 Å². The molecule has 136 valence electrons. The van der Waals surface area contributed by atoms with Crippen LogP contribution in [0.15, 0.2) is 23.5 Å². The molecule has 0 N–H and O–H groups in total. The summed E-state index contributed by atoms with van der Waals surface area (Å²) in [6, 6.07) is -1.10. The van der Waals surface area contributed by atoms with Gasteiger partial charge in [-0.25, -0.2) is 0 Å². The van der Waals surface area contributed by atoms with Gasteiger partial charge in [-0.2, -0.15) is 0 Å². The number of hydrogen-bond acceptors (Lipinski definition) is 8. The summed E-state index contributed by atoms with van der Waals surface area (Å²) in [4.78, 5) is 36.6. The first-order chi connectivity index (χ1) is 11.8. The predicted molar refractivity (Wildman–Crippen MR) is 83.0 cm³/mol. The quantitative estimate of drug-likeness (QED) is 0.175. The summed E-state index contributed by atoms with van der Waals surface area (Å²) in [5, 5.41) is 3.60. The Morgan fingerprint density at radius 1 is 1.20 bits per heavy atom. The summed E-state index contributed by atoms with van der Waals surface area (Å²) in [5.74, 6) is -1.88. The maximum absolute atomic E-state index is 11.4. The minimum absolute atomic E-state index is 0.251. The Kier molecular flexibility index (Phi) is 7.68. The number of ether oxygens (including phenoxy) is 4. The van der Waals surface area contributed by atoms with Crippen LogP contribution in [0.25, 0.3) is 10.4 Å². The Morgan fingerprint density at radius 3 is 2.28 bits per heavy atom. The molecule has 0 spiro atoms. The highest BCUT2D eigenvalue weighted by atomic mass is 16.6. The van der Waals surface area contributed by atoms with Gasteiger partial charge in [-0.1, -0.05) is 11.7 Å². The third-order valence-corrected chi connectivity index (χ3v) is 3.22. The molecule has 0 aromatic rings. The Morgan fingerprint density at radius 2 is 1.80 bits per heavy atom. The highest BCUT2D eigenvalue weighted by Gasteiger charge is 2.49. The fourth-order valence-corrected chi connectivity index (χ4v) is 2.40. The first-order valence-corrected chi connectivity index (χ1v) is 7.33. The van der Waals surface area contributed by atoms with Crippen LogP contribution >= 0.6 is 0 Å². The molecule has 1 saturated heterocycles. The number of carbonyl (C=O) groups is 3. The van der Waals surface area contributed by atoms with Gasteiger partial charge in [0, 0.05) is 25.7 Å². The van der Waals surface area contributed by atoms with Crippen molar-refractivity contribution in [1.29, 1.82) is 0 Å². The van der Waals surface area contributed by atoms with E-state index in [-0.39, 0.29) is 6.61 Å². The number of hydrogen-bond donors (Lipinski definition) is 0. The molecule has 0 radical (unpaired) electrons. The predicted octanol–water partition coefficient (Wildman–Crippen LogP) is 1.20. The molecule has 1 aliphatic heterocycles. The minimum atomic E-state index is -1.12. The zero-order chi connectivity index (χ0) is 19.0. The van der Waals surface area contributed by atoms with E-state index in [1.54, 1.807) is 0 Å². The van der Waals surface area contributed by atoms with Crippen molar-refractivity contribution in [2.75, 3.05) is 6.61 Å². The topological polar surface area (TPSA) is 137 Å². The molecule has 0 unspecified atom stereocenters. The van der Waals surface area contributed by atoms with E-state index in [1.165, 1.54) is 19.9 Å². The number of azide groups is 1. The lowest BCUT2D eigenvalue weighted by molar-refractivity contribution is -0.208. The van der Waals surface area contributed by atoms with Crippen LogP contribution in [-0.2, 0) is 33.3 Å². The summed E-state index contributed by atoms with van der Waals surface area (Å²) in [5.41, 5.74) is 11.4. The fourth-order valence-electron chi connectivity index (χ4n) is 2.40. The highest BCUT2D eigenvalue weighted by molar-refractivity contribution is 5.67. The Labute approximate surface area is 144 Å². The van der Waals surface area contributed by atoms with Crippen LogP contribution in [0.1, 0.15) is 20.8 Å². The zero-order valence-corrected chi connectivity index (χ0v) is 14.1. The van der Waals surface area contributed by atoms with E-state index in [0.717, 1.165) is 6.92 Å². The van der Waals surface area contributed by atoms with E-state index in [2.05, 4.69) is 22.3 Å². The largest absolute Gasteiger partial charge is 0.463 e. The molecule has 25 heavy (non-hydrogen) atoms. The lowest BCUT2D eigenvalue weighted by Gasteiger charge is -2.42. The highest BCUT2D eigenvalue weighted by Crippen LogP contribution is 2.29. The van der Waals surface area contributed by atoms with Gasteiger partial charge in [0.25, 0.3) is 0 Å². The first-order valence-electron chi connectivity index (χ1n) is 7.33. The molecule has 0 aromatic carbocycles. The van der Waals surface area contributed by atoms with E-state index >= 15 is 0 Å². The van der Waals surface area contributed by atoms with Gasteiger partial charge in [0.05, 0.1) is 0 Å². The van der Waals surface area contributed by atoms with E-state index in [9.17, 15) is 14.4 Å². The summed E-state index contributed by atoms with van der Waals surface area (Å²) < 4.78 is 21.0. The van der Waals surface area contributed by atoms with Crippen LogP contribution in [0.4, 0.5) is 0 Å². The van der Waals surface area contributed by atoms with Crippen LogP contribution in [0, 0.1) is 0 Å². The van der Waals surface area contributed by atoms with Gasteiger partial charge in [-0.05, 0) is 11.6 Å². The van der Waals surface area contributed by atoms with Crippen LogP contribution in [-0.4, -0.2) is 55.0 Å². The van der Waals surface area contributed by atoms with Gasteiger partial charge in [-0.3, -0.25) is 14.4 Å². The summed E-state index contributed by atoms with van der Waals surface area (Å²) in [6.45, 7) is 6.72. The van der Waals surface area contributed by atoms with Gasteiger partial charge in [-0.15, -0.1) is 5.73 Å². The molecular formula is C15H19N3O7. The van der Waals surface area contributed by atoms with Crippen molar-refractivity contribution in [3.05, 3.63) is 28.8 Å². The van der Waals surface area contributed by atoms with E-state index in [4.69, 9.17) is 24.5 Å². The lowest BCUT2D eigenvalue weighted by Crippen LogP contribution is -2.59. The maximum Gasteiger partial charge on any atom is 0.303 e. The number of carbonyl (C=O) groups excluding carboxylic acids is 3. The fraction of sp³-hybridized carbons (Fsp3) is 0.600. The van der Waals surface area contributed by atoms with Crippen molar-refractivity contribution in [2.24, 2.45) is 5.11 Å². The SMILES string of the molecule is C=C=C[C@H]1O[C@H](COC(C)=O)[C@H](OC(C)=O)[C@H](N=[N+]=[N-])[C@H]1OC(C)=O. The standard InChI is InChI=1S/C15H19N3O7/c1-5-6-11-14(23-9(3)20)13(17-18-16)15(24-10(4)21)12(25-11)7-22-8(2)19/h6,11-15H,1,7H2,2-4H3/t11-,12-,13-,14+,15+/m1/s1. The zero-order valence-electron chi connectivity index (χ0n) is 14.1. The number of esters is 3. The summed E-state index contributed by atoms with van der Waals surface area (Å²) in [6.07, 6.45) is -2.64.